The molecular formula is C20H23FO5. The number of aromatic hydroxyl groups is 1. The molecule has 0 bridgehead atoms. The third-order valence-electron chi connectivity index (χ3n) is 5.29. The number of fused-ring (bicyclic) bond motifs is 1. The van der Waals surface area contributed by atoms with Crippen molar-refractivity contribution in [3.05, 3.63) is 48.0 Å². The highest BCUT2D eigenvalue weighted by Crippen LogP contribution is 2.46. The van der Waals surface area contributed by atoms with E-state index in [0.29, 0.717) is 30.6 Å². The van der Waals surface area contributed by atoms with Gasteiger partial charge in [-0.05, 0) is 36.8 Å². The van der Waals surface area contributed by atoms with Crippen LogP contribution in [0.4, 0.5) is 4.39 Å². The lowest BCUT2D eigenvalue weighted by atomic mass is 9.71. The van der Waals surface area contributed by atoms with Gasteiger partial charge in [-0.3, -0.25) is 4.79 Å². The van der Waals surface area contributed by atoms with Gasteiger partial charge >= 0.3 is 0 Å². The second-order valence-corrected chi connectivity index (χ2v) is 6.85. The summed E-state index contributed by atoms with van der Waals surface area (Å²) in [5, 5.41) is 9.96. The summed E-state index contributed by atoms with van der Waals surface area (Å²) in [6.07, 6.45) is 4.56. The number of ketones is 1. The van der Waals surface area contributed by atoms with Gasteiger partial charge in [0.1, 0.15) is 17.2 Å². The third kappa shape index (κ3) is 3.09. The van der Waals surface area contributed by atoms with E-state index < -0.39 is 11.4 Å². The van der Waals surface area contributed by atoms with Crippen molar-refractivity contribution in [2.75, 3.05) is 13.9 Å². The molecule has 1 saturated heterocycles. The van der Waals surface area contributed by atoms with Crippen LogP contribution in [0.25, 0.3) is 0 Å². The van der Waals surface area contributed by atoms with Crippen LogP contribution in [0.2, 0.25) is 0 Å². The lowest BCUT2D eigenvalue weighted by molar-refractivity contribution is -0.123. The summed E-state index contributed by atoms with van der Waals surface area (Å²) in [6.45, 7) is 5.72. The Morgan fingerprint density at radius 2 is 2.31 bits per heavy atom. The van der Waals surface area contributed by atoms with Crippen molar-refractivity contribution in [3.63, 3.8) is 0 Å². The SMILES string of the molecule is C=CC[C@H]1C[C@]2([C@@H](C)Cc3cc(O)c(OC)cc3F)OCOC2=CC1=O. The van der Waals surface area contributed by atoms with Crippen LogP contribution in [0.15, 0.2) is 36.6 Å². The molecule has 0 radical (unpaired) electrons. The van der Waals surface area contributed by atoms with Gasteiger partial charge in [0.25, 0.3) is 0 Å². The summed E-state index contributed by atoms with van der Waals surface area (Å²) in [5.74, 6) is -0.367. The van der Waals surface area contributed by atoms with Gasteiger partial charge < -0.3 is 19.3 Å². The number of allylic oxidation sites excluding steroid dienone is 2. The zero-order valence-electron chi connectivity index (χ0n) is 15.0. The summed E-state index contributed by atoms with van der Waals surface area (Å²) in [4.78, 5) is 12.3. The minimum absolute atomic E-state index is 0.00139. The van der Waals surface area contributed by atoms with Crippen LogP contribution in [-0.4, -0.2) is 30.4 Å². The summed E-state index contributed by atoms with van der Waals surface area (Å²) >= 11 is 0. The van der Waals surface area contributed by atoms with E-state index in [1.54, 1.807) is 6.08 Å². The van der Waals surface area contributed by atoms with Crippen molar-refractivity contribution in [2.24, 2.45) is 11.8 Å². The zero-order valence-corrected chi connectivity index (χ0v) is 15.0. The molecule has 0 saturated carbocycles. The van der Waals surface area contributed by atoms with Gasteiger partial charge in [0, 0.05) is 18.1 Å². The van der Waals surface area contributed by atoms with Crippen LogP contribution in [0.3, 0.4) is 0 Å². The number of rotatable bonds is 6. The van der Waals surface area contributed by atoms with Crippen LogP contribution in [-0.2, 0) is 20.7 Å². The van der Waals surface area contributed by atoms with E-state index in [-0.39, 0.29) is 35.9 Å². The van der Waals surface area contributed by atoms with E-state index in [1.165, 1.54) is 25.3 Å². The highest BCUT2D eigenvalue weighted by atomic mass is 19.1. The molecule has 2 aliphatic rings. The largest absolute Gasteiger partial charge is 0.504 e. The lowest BCUT2D eigenvalue weighted by Gasteiger charge is -2.38. The fourth-order valence-corrected chi connectivity index (χ4v) is 3.82. The number of halogens is 1. The zero-order chi connectivity index (χ0) is 18.9. The lowest BCUT2D eigenvalue weighted by Crippen LogP contribution is -2.45. The van der Waals surface area contributed by atoms with Crippen molar-refractivity contribution in [2.45, 2.75) is 31.8 Å². The number of carbonyl (C=O) groups excluding carboxylic acids is 1. The Bertz CT molecular complexity index is 757. The highest BCUT2D eigenvalue weighted by Gasteiger charge is 2.51. The summed E-state index contributed by atoms with van der Waals surface area (Å²) in [7, 11) is 1.37. The predicted octanol–water partition coefficient (Wildman–Crippen LogP) is 3.51. The topological polar surface area (TPSA) is 65.0 Å². The van der Waals surface area contributed by atoms with Gasteiger partial charge in [-0.15, -0.1) is 6.58 Å². The first kappa shape index (κ1) is 18.5. The maximum Gasteiger partial charge on any atom is 0.189 e. The van der Waals surface area contributed by atoms with Gasteiger partial charge in [0.2, 0.25) is 0 Å². The Balaban J connectivity index is 1.89. The Morgan fingerprint density at radius 1 is 1.54 bits per heavy atom. The first-order valence-electron chi connectivity index (χ1n) is 8.60. The van der Waals surface area contributed by atoms with E-state index in [4.69, 9.17) is 14.2 Å². The Morgan fingerprint density at radius 3 is 3.00 bits per heavy atom. The van der Waals surface area contributed by atoms with Crippen molar-refractivity contribution >= 4 is 5.78 Å². The minimum atomic E-state index is -0.774. The van der Waals surface area contributed by atoms with Crippen molar-refractivity contribution in [1.29, 1.82) is 0 Å². The molecule has 1 aliphatic heterocycles. The van der Waals surface area contributed by atoms with E-state index in [1.807, 2.05) is 6.92 Å². The number of phenolic OH excluding ortho intramolecular Hbond substituents is 1. The molecule has 0 spiro atoms. The maximum atomic E-state index is 14.4. The van der Waals surface area contributed by atoms with E-state index in [0.717, 1.165) is 0 Å². The van der Waals surface area contributed by atoms with Gasteiger partial charge in [-0.25, -0.2) is 4.39 Å². The summed E-state index contributed by atoms with van der Waals surface area (Å²) in [5.41, 5.74) is -0.416. The van der Waals surface area contributed by atoms with Gasteiger partial charge in [0.15, 0.2) is 24.1 Å². The van der Waals surface area contributed by atoms with Crippen molar-refractivity contribution in [3.8, 4) is 11.5 Å². The second-order valence-electron chi connectivity index (χ2n) is 6.85. The number of methoxy groups -OCH3 is 1. The molecule has 1 aromatic carbocycles. The van der Waals surface area contributed by atoms with Gasteiger partial charge in [-0.2, -0.15) is 0 Å². The van der Waals surface area contributed by atoms with Crippen molar-refractivity contribution in [1.82, 2.24) is 0 Å². The number of ether oxygens (including phenoxy) is 3. The first-order valence-corrected chi connectivity index (χ1v) is 8.60. The molecule has 1 fully saturated rings. The Kier molecular flexibility index (Phi) is 5.05. The van der Waals surface area contributed by atoms with Gasteiger partial charge in [-0.1, -0.05) is 13.0 Å². The molecule has 140 valence electrons. The third-order valence-corrected chi connectivity index (χ3v) is 5.29. The number of carbonyl (C=O) groups is 1. The van der Waals surface area contributed by atoms with Crippen LogP contribution >= 0.6 is 0 Å². The molecule has 5 nitrogen and oxygen atoms in total. The Labute approximate surface area is 152 Å². The molecule has 0 unspecified atom stereocenters. The number of benzene rings is 1. The predicted molar refractivity (Wildman–Crippen MR) is 93.3 cm³/mol. The molecule has 3 rings (SSSR count). The molecule has 1 aromatic rings. The van der Waals surface area contributed by atoms with Gasteiger partial charge in [0.05, 0.1) is 7.11 Å². The quantitative estimate of drug-likeness (QED) is 0.785. The minimum Gasteiger partial charge on any atom is -0.504 e. The van der Waals surface area contributed by atoms with E-state index in [9.17, 15) is 14.3 Å². The second kappa shape index (κ2) is 7.11. The van der Waals surface area contributed by atoms with E-state index in [2.05, 4.69) is 6.58 Å². The molecule has 1 aliphatic carbocycles. The standard InChI is InChI=1S/C20H23FO5/c1-4-5-13-10-20(19(9-16(13)22)25-11-26-20)12(2)6-14-7-17(23)18(24-3)8-15(14)21/h4,7-9,12-13,23H,1,5-6,10-11H2,2-3H3/t12-,13-,20+/m0/s1. The molecule has 1 heterocycles. The number of phenols is 1. The van der Waals surface area contributed by atoms with Crippen LogP contribution in [0.5, 0.6) is 11.5 Å². The molecule has 0 amide bonds. The van der Waals surface area contributed by atoms with E-state index >= 15 is 0 Å². The smallest absolute Gasteiger partial charge is 0.189 e. The molecule has 1 N–H and O–H groups in total. The molecule has 6 heteroatoms. The van der Waals surface area contributed by atoms with Crippen LogP contribution in [0, 0.1) is 17.7 Å². The average Bonchev–Trinajstić information content (AvgIpc) is 3.02. The number of hydrogen-bond acceptors (Lipinski definition) is 5. The average molecular weight is 362 g/mol. The van der Waals surface area contributed by atoms with Crippen LogP contribution in [0.1, 0.15) is 25.3 Å². The molecule has 26 heavy (non-hydrogen) atoms. The fraction of sp³-hybridized carbons (Fsp3) is 0.450. The monoisotopic (exact) mass is 362 g/mol. The number of hydrogen-bond donors (Lipinski definition) is 1. The normalized spacial score (nSPS) is 25.9. The summed E-state index contributed by atoms with van der Waals surface area (Å²) in [6, 6.07) is 2.54. The maximum absolute atomic E-state index is 14.4. The fourth-order valence-electron chi connectivity index (χ4n) is 3.82. The molecule has 3 atom stereocenters. The van der Waals surface area contributed by atoms with Crippen molar-refractivity contribution < 1.29 is 28.5 Å². The molecular weight excluding hydrogens is 339 g/mol. The van der Waals surface area contributed by atoms with Crippen LogP contribution < -0.4 is 4.74 Å². The summed E-state index contributed by atoms with van der Waals surface area (Å²) < 4.78 is 30.8. The first-order chi connectivity index (χ1) is 12.4. The molecule has 0 aromatic heterocycles. The Hall–Kier alpha value is -2.34. The highest BCUT2D eigenvalue weighted by molar-refractivity contribution is 5.93.